The number of benzene rings is 1. The topological polar surface area (TPSA) is 58.6 Å². The van der Waals surface area contributed by atoms with Crippen LogP contribution in [0.15, 0.2) is 33.6 Å². The summed E-state index contributed by atoms with van der Waals surface area (Å²) in [5, 5.41) is 13.5. The van der Waals surface area contributed by atoms with Gasteiger partial charge in [-0.1, -0.05) is 15.9 Å². The number of hydrogen-bond acceptors (Lipinski definition) is 4. The maximum atomic E-state index is 11.8. The monoisotopic (exact) mass is 401 g/mol. The van der Waals surface area contributed by atoms with Gasteiger partial charge in [-0.15, -0.1) is 11.8 Å². The van der Waals surface area contributed by atoms with E-state index in [1.54, 1.807) is 11.8 Å². The summed E-state index contributed by atoms with van der Waals surface area (Å²) in [6.45, 7) is 5.48. The fourth-order valence-corrected chi connectivity index (χ4v) is 4.04. The average molecular weight is 402 g/mol. The van der Waals surface area contributed by atoms with Gasteiger partial charge in [-0.2, -0.15) is 0 Å². The Morgan fingerprint density at radius 3 is 2.52 bits per heavy atom. The molecule has 0 radical (unpaired) electrons. The Hall–Kier alpha value is -0.720. The summed E-state index contributed by atoms with van der Waals surface area (Å²) >= 11 is 5.21. The van der Waals surface area contributed by atoms with Gasteiger partial charge in [0, 0.05) is 14.6 Å². The molecule has 0 saturated heterocycles. The van der Waals surface area contributed by atoms with Crippen LogP contribution in [0, 0.1) is 0 Å². The number of rotatable bonds is 3. The summed E-state index contributed by atoms with van der Waals surface area (Å²) in [5.74, 6) is 0. The summed E-state index contributed by atoms with van der Waals surface area (Å²) in [6.07, 6.45) is 1.39. The van der Waals surface area contributed by atoms with E-state index in [2.05, 4.69) is 33.4 Å². The number of amides is 1. The van der Waals surface area contributed by atoms with Crippen LogP contribution in [0.1, 0.15) is 40.0 Å². The van der Waals surface area contributed by atoms with Crippen molar-refractivity contribution >= 4 is 33.8 Å². The van der Waals surface area contributed by atoms with Crippen LogP contribution in [0.4, 0.5) is 4.79 Å². The first-order valence-corrected chi connectivity index (χ1v) is 9.50. The highest BCUT2D eigenvalue weighted by molar-refractivity contribution is 9.10. The Kier molecular flexibility index (Phi) is 6.40. The number of halogens is 1. The predicted molar refractivity (Wildman–Crippen MR) is 96.8 cm³/mol. The minimum absolute atomic E-state index is 0.230. The highest BCUT2D eigenvalue weighted by Crippen LogP contribution is 2.34. The van der Waals surface area contributed by atoms with E-state index in [0.29, 0.717) is 11.7 Å². The van der Waals surface area contributed by atoms with Crippen LogP contribution in [0.5, 0.6) is 0 Å². The van der Waals surface area contributed by atoms with E-state index in [1.165, 1.54) is 4.90 Å². The van der Waals surface area contributed by atoms with Gasteiger partial charge in [-0.25, -0.2) is 4.79 Å². The smallest absolute Gasteiger partial charge is 0.407 e. The van der Waals surface area contributed by atoms with E-state index in [1.807, 2.05) is 32.9 Å². The Labute approximate surface area is 150 Å². The molecule has 1 aromatic rings. The highest BCUT2D eigenvalue weighted by Gasteiger charge is 2.31. The van der Waals surface area contributed by atoms with E-state index in [0.717, 1.165) is 17.3 Å². The lowest BCUT2D eigenvalue weighted by Gasteiger charge is -2.33. The number of aliphatic hydroxyl groups excluding tert-OH is 1. The first kappa shape index (κ1) is 18.6. The number of carbonyl (C=O) groups excluding carboxylic acids is 1. The third kappa shape index (κ3) is 6.36. The molecule has 0 bridgehead atoms. The molecule has 1 aliphatic carbocycles. The lowest BCUT2D eigenvalue weighted by molar-refractivity contribution is 0.0368. The van der Waals surface area contributed by atoms with Crippen molar-refractivity contribution in [2.45, 2.75) is 67.9 Å². The Morgan fingerprint density at radius 1 is 1.30 bits per heavy atom. The SMILES string of the molecule is CC(C)(C)OC(=O)N[C@@H]1CC[C@@H](Sc2ccc(Br)cc2)C[C@H]1O. The van der Waals surface area contributed by atoms with Crippen LogP contribution in [-0.4, -0.2) is 34.2 Å². The Morgan fingerprint density at radius 2 is 1.96 bits per heavy atom. The highest BCUT2D eigenvalue weighted by atomic mass is 79.9. The average Bonchev–Trinajstić information content (AvgIpc) is 2.42. The van der Waals surface area contributed by atoms with Crippen LogP contribution in [0.25, 0.3) is 0 Å². The number of ether oxygens (including phenoxy) is 1. The zero-order valence-electron chi connectivity index (χ0n) is 13.7. The number of aliphatic hydroxyl groups is 1. The van der Waals surface area contributed by atoms with Crippen LogP contribution in [0.2, 0.25) is 0 Å². The molecule has 0 spiro atoms. The van der Waals surface area contributed by atoms with Crippen molar-refractivity contribution < 1.29 is 14.6 Å². The first-order valence-electron chi connectivity index (χ1n) is 7.83. The van der Waals surface area contributed by atoms with E-state index in [4.69, 9.17) is 4.74 Å². The van der Waals surface area contributed by atoms with Gasteiger partial charge in [0.25, 0.3) is 0 Å². The molecule has 1 amide bonds. The molecule has 0 unspecified atom stereocenters. The van der Waals surface area contributed by atoms with Gasteiger partial charge < -0.3 is 15.2 Å². The van der Waals surface area contributed by atoms with Gasteiger partial charge in [0.05, 0.1) is 12.1 Å². The molecular weight excluding hydrogens is 378 g/mol. The molecule has 4 nitrogen and oxygen atoms in total. The van der Waals surface area contributed by atoms with Gasteiger partial charge in [-0.05, 0) is 64.3 Å². The van der Waals surface area contributed by atoms with E-state index in [-0.39, 0.29) is 6.04 Å². The molecule has 2 rings (SSSR count). The number of carbonyl (C=O) groups is 1. The maximum Gasteiger partial charge on any atom is 0.407 e. The summed E-state index contributed by atoms with van der Waals surface area (Å²) in [6, 6.07) is 7.97. The Bertz CT molecular complexity index is 530. The second-order valence-electron chi connectivity index (χ2n) is 6.83. The third-order valence-electron chi connectivity index (χ3n) is 3.59. The molecule has 3 atom stereocenters. The number of hydrogen-bond donors (Lipinski definition) is 2. The molecule has 0 heterocycles. The standard InChI is InChI=1S/C17H24BrNO3S/c1-17(2,3)22-16(21)19-14-9-8-13(10-15(14)20)23-12-6-4-11(18)5-7-12/h4-7,13-15,20H,8-10H2,1-3H3,(H,19,21)/t13-,14-,15-/m1/s1. The van der Waals surface area contributed by atoms with Crippen molar-refractivity contribution in [2.24, 2.45) is 0 Å². The maximum absolute atomic E-state index is 11.8. The fourth-order valence-electron chi connectivity index (χ4n) is 2.55. The largest absolute Gasteiger partial charge is 0.444 e. The van der Waals surface area contributed by atoms with Gasteiger partial charge in [-0.3, -0.25) is 0 Å². The zero-order chi connectivity index (χ0) is 17.0. The van der Waals surface area contributed by atoms with E-state index < -0.39 is 17.8 Å². The summed E-state index contributed by atoms with van der Waals surface area (Å²) in [5.41, 5.74) is -0.524. The quantitative estimate of drug-likeness (QED) is 0.790. The first-order chi connectivity index (χ1) is 10.7. The van der Waals surface area contributed by atoms with Crippen molar-refractivity contribution in [3.63, 3.8) is 0 Å². The van der Waals surface area contributed by atoms with Gasteiger partial charge in [0.2, 0.25) is 0 Å². The summed E-state index contributed by atoms with van der Waals surface area (Å²) < 4.78 is 6.31. The van der Waals surface area contributed by atoms with Crippen LogP contribution in [-0.2, 0) is 4.74 Å². The summed E-state index contributed by atoms with van der Waals surface area (Å²) in [7, 11) is 0. The molecule has 1 saturated carbocycles. The number of alkyl carbamates (subject to hydrolysis) is 1. The van der Waals surface area contributed by atoms with Crippen molar-refractivity contribution in [3.8, 4) is 0 Å². The van der Waals surface area contributed by atoms with E-state index in [9.17, 15) is 9.90 Å². The number of nitrogens with one attached hydrogen (secondary N) is 1. The molecule has 6 heteroatoms. The van der Waals surface area contributed by atoms with Gasteiger partial charge in [0.1, 0.15) is 5.60 Å². The minimum Gasteiger partial charge on any atom is -0.444 e. The zero-order valence-corrected chi connectivity index (χ0v) is 16.1. The number of thioether (sulfide) groups is 1. The molecule has 128 valence electrons. The van der Waals surface area contributed by atoms with E-state index >= 15 is 0 Å². The second-order valence-corrected chi connectivity index (χ2v) is 9.12. The van der Waals surface area contributed by atoms with Crippen molar-refractivity contribution in [3.05, 3.63) is 28.7 Å². The molecule has 23 heavy (non-hydrogen) atoms. The van der Waals surface area contributed by atoms with Crippen LogP contribution >= 0.6 is 27.7 Å². The normalized spacial score (nSPS) is 25.0. The van der Waals surface area contributed by atoms with Crippen LogP contribution < -0.4 is 5.32 Å². The molecule has 1 aliphatic rings. The fraction of sp³-hybridized carbons (Fsp3) is 0.588. The lowest BCUT2D eigenvalue weighted by atomic mass is 9.92. The molecular formula is C17H24BrNO3S. The lowest BCUT2D eigenvalue weighted by Crippen LogP contribution is -2.48. The molecule has 0 aromatic heterocycles. The summed E-state index contributed by atoms with van der Waals surface area (Å²) in [4.78, 5) is 13.0. The molecule has 1 aromatic carbocycles. The molecule has 2 N–H and O–H groups in total. The Balaban J connectivity index is 1.82. The molecule has 0 aliphatic heterocycles. The van der Waals surface area contributed by atoms with Crippen molar-refractivity contribution in [1.82, 2.24) is 5.32 Å². The predicted octanol–water partition coefficient (Wildman–Crippen LogP) is 4.35. The minimum atomic E-state index is -0.538. The van der Waals surface area contributed by atoms with Crippen molar-refractivity contribution in [2.75, 3.05) is 0 Å². The van der Waals surface area contributed by atoms with Crippen molar-refractivity contribution in [1.29, 1.82) is 0 Å². The van der Waals surface area contributed by atoms with Gasteiger partial charge >= 0.3 is 6.09 Å². The molecule has 1 fully saturated rings. The second kappa shape index (κ2) is 7.90. The third-order valence-corrected chi connectivity index (χ3v) is 5.42. The van der Waals surface area contributed by atoms with Crippen LogP contribution in [0.3, 0.4) is 0 Å². The van der Waals surface area contributed by atoms with Gasteiger partial charge in [0.15, 0.2) is 0 Å².